The van der Waals surface area contributed by atoms with Crippen LogP contribution in [-0.2, 0) is 17.9 Å². The van der Waals surface area contributed by atoms with Crippen LogP contribution in [0.3, 0.4) is 0 Å². The molecular formula is C23H21NO4. The second-order valence-electron chi connectivity index (χ2n) is 7.05. The maximum atomic E-state index is 13.0. The van der Waals surface area contributed by atoms with Crippen molar-refractivity contribution < 1.29 is 19.4 Å². The molecule has 0 aliphatic carbocycles. The quantitative estimate of drug-likeness (QED) is 0.656. The molecule has 1 aliphatic rings. The molecule has 2 heterocycles. The molecule has 0 saturated carbocycles. The first-order valence-electron chi connectivity index (χ1n) is 9.29. The van der Waals surface area contributed by atoms with Gasteiger partial charge >= 0.3 is 5.97 Å². The molecule has 5 heteroatoms. The number of carbonyl (C=O) groups excluding carboxylic acids is 1. The van der Waals surface area contributed by atoms with Crippen molar-refractivity contribution in [1.82, 2.24) is 4.57 Å². The minimum Gasteiger partial charge on any atom is -0.489 e. The number of rotatable bonds is 6. The summed E-state index contributed by atoms with van der Waals surface area (Å²) in [5.41, 5.74) is 3.76. The molecule has 2 aromatic carbocycles. The summed E-state index contributed by atoms with van der Waals surface area (Å²) in [5, 5.41) is 9.32. The maximum Gasteiger partial charge on any atom is 0.312 e. The minimum atomic E-state index is -0.841. The van der Waals surface area contributed by atoms with Crippen LogP contribution >= 0.6 is 0 Å². The van der Waals surface area contributed by atoms with E-state index in [-0.39, 0.29) is 5.78 Å². The Morgan fingerprint density at radius 3 is 2.61 bits per heavy atom. The Balaban J connectivity index is 1.53. The van der Waals surface area contributed by atoms with Gasteiger partial charge in [-0.15, -0.1) is 0 Å². The van der Waals surface area contributed by atoms with Gasteiger partial charge < -0.3 is 14.4 Å². The first-order chi connectivity index (χ1) is 13.5. The second kappa shape index (κ2) is 7.35. The summed E-state index contributed by atoms with van der Waals surface area (Å²) in [5.74, 6) is -0.753. The summed E-state index contributed by atoms with van der Waals surface area (Å²) < 4.78 is 7.66. The van der Waals surface area contributed by atoms with Gasteiger partial charge in [0.1, 0.15) is 12.4 Å². The smallest absolute Gasteiger partial charge is 0.312 e. The molecule has 0 bridgehead atoms. The normalized spacial score (nSPS) is 15.2. The number of ketones is 1. The molecule has 0 radical (unpaired) electrons. The lowest BCUT2D eigenvalue weighted by atomic mass is 10.0. The van der Waals surface area contributed by atoms with Crippen LogP contribution < -0.4 is 4.74 Å². The number of carboxylic acid groups (broad SMARTS) is 1. The van der Waals surface area contributed by atoms with Crippen molar-refractivity contribution in [1.29, 1.82) is 0 Å². The Bertz CT molecular complexity index is 1040. The number of hydrogen-bond donors (Lipinski definition) is 1. The van der Waals surface area contributed by atoms with Crippen LogP contribution in [0.1, 0.15) is 45.2 Å². The van der Waals surface area contributed by atoms with E-state index in [2.05, 4.69) is 0 Å². The SMILES string of the molecule is Cc1cc(OCc2ccccc2)ccc1C(=O)c1ccc2n1CCC2C(=O)O. The molecule has 0 amide bonds. The molecule has 1 aliphatic heterocycles. The fraction of sp³-hybridized carbons (Fsp3) is 0.217. The van der Waals surface area contributed by atoms with Crippen molar-refractivity contribution in [3.63, 3.8) is 0 Å². The molecule has 1 aromatic heterocycles. The van der Waals surface area contributed by atoms with Gasteiger partial charge in [0.05, 0.1) is 11.6 Å². The van der Waals surface area contributed by atoms with E-state index < -0.39 is 11.9 Å². The van der Waals surface area contributed by atoms with Gasteiger partial charge in [0.15, 0.2) is 0 Å². The minimum absolute atomic E-state index is 0.0931. The van der Waals surface area contributed by atoms with Crippen molar-refractivity contribution in [2.45, 2.75) is 32.4 Å². The summed E-state index contributed by atoms with van der Waals surface area (Å²) in [6.45, 7) is 2.91. The van der Waals surface area contributed by atoms with Gasteiger partial charge in [-0.2, -0.15) is 0 Å². The monoisotopic (exact) mass is 375 g/mol. The van der Waals surface area contributed by atoms with E-state index in [0.717, 1.165) is 11.1 Å². The van der Waals surface area contributed by atoms with Crippen molar-refractivity contribution in [2.75, 3.05) is 0 Å². The highest BCUT2D eigenvalue weighted by Gasteiger charge is 2.31. The average molecular weight is 375 g/mol. The van der Waals surface area contributed by atoms with Crippen LogP contribution in [0.4, 0.5) is 0 Å². The molecule has 1 N–H and O–H groups in total. The van der Waals surface area contributed by atoms with Gasteiger partial charge in [-0.05, 0) is 54.8 Å². The van der Waals surface area contributed by atoms with Crippen LogP contribution in [0.25, 0.3) is 0 Å². The summed E-state index contributed by atoms with van der Waals surface area (Å²) in [4.78, 5) is 24.4. The van der Waals surface area contributed by atoms with Crippen molar-refractivity contribution in [2.24, 2.45) is 0 Å². The summed E-state index contributed by atoms with van der Waals surface area (Å²) in [6, 6.07) is 18.8. The fourth-order valence-corrected chi connectivity index (χ4v) is 3.75. The third kappa shape index (κ3) is 3.31. The number of aryl methyl sites for hydroxylation is 1. The van der Waals surface area contributed by atoms with Crippen molar-refractivity contribution in [3.05, 3.63) is 88.7 Å². The summed E-state index contributed by atoms with van der Waals surface area (Å²) in [7, 11) is 0. The molecule has 3 aromatic rings. The maximum absolute atomic E-state index is 13.0. The van der Waals surface area contributed by atoms with E-state index in [0.29, 0.717) is 42.3 Å². The fourth-order valence-electron chi connectivity index (χ4n) is 3.75. The van der Waals surface area contributed by atoms with Gasteiger partial charge in [-0.25, -0.2) is 0 Å². The van der Waals surface area contributed by atoms with E-state index in [4.69, 9.17) is 4.74 Å². The van der Waals surface area contributed by atoms with Crippen LogP contribution in [0.5, 0.6) is 5.75 Å². The Labute approximate surface area is 163 Å². The molecular weight excluding hydrogens is 354 g/mol. The molecule has 4 rings (SSSR count). The predicted molar refractivity (Wildman–Crippen MR) is 105 cm³/mol. The summed E-state index contributed by atoms with van der Waals surface area (Å²) >= 11 is 0. The lowest BCUT2D eigenvalue weighted by Crippen LogP contribution is -2.11. The molecule has 5 nitrogen and oxygen atoms in total. The number of nitrogens with zero attached hydrogens (tertiary/aromatic N) is 1. The number of fused-ring (bicyclic) bond motifs is 1. The van der Waals surface area contributed by atoms with Crippen molar-refractivity contribution >= 4 is 11.8 Å². The zero-order valence-corrected chi connectivity index (χ0v) is 15.6. The number of carboxylic acids is 1. The van der Waals surface area contributed by atoms with Gasteiger partial charge in [0.25, 0.3) is 0 Å². The first kappa shape index (κ1) is 18.0. The Morgan fingerprint density at radius 2 is 1.89 bits per heavy atom. The van der Waals surface area contributed by atoms with Crippen LogP contribution in [0.2, 0.25) is 0 Å². The highest BCUT2D eigenvalue weighted by molar-refractivity contribution is 6.09. The highest BCUT2D eigenvalue weighted by atomic mass is 16.5. The van der Waals surface area contributed by atoms with Gasteiger partial charge in [-0.1, -0.05) is 30.3 Å². The number of aromatic nitrogens is 1. The summed E-state index contributed by atoms with van der Waals surface area (Å²) in [6.07, 6.45) is 0.525. The van der Waals surface area contributed by atoms with E-state index in [1.54, 1.807) is 24.3 Å². The Morgan fingerprint density at radius 1 is 1.11 bits per heavy atom. The molecule has 0 spiro atoms. The first-order valence-corrected chi connectivity index (χ1v) is 9.29. The average Bonchev–Trinajstić information content (AvgIpc) is 3.28. The standard InChI is InChI=1S/C23H21NO4/c1-15-13-17(28-14-16-5-3-2-4-6-16)7-8-18(15)22(25)21-10-9-20-19(23(26)27)11-12-24(20)21/h2-10,13,19H,11-12,14H2,1H3,(H,26,27). The van der Waals surface area contributed by atoms with Crippen LogP contribution in [0, 0.1) is 6.92 Å². The van der Waals surface area contributed by atoms with Crippen LogP contribution in [-0.4, -0.2) is 21.4 Å². The highest BCUT2D eigenvalue weighted by Crippen LogP contribution is 2.32. The Kier molecular flexibility index (Phi) is 4.74. The lowest BCUT2D eigenvalue weighted by molar-refractivity contribution is -0.138. The molecule has 1 atom stereocenters. The van der Waals surface area contributed by atoms with Crippen molar-refractivity contribution in [3.8, 4) is 5.75 Å². The second-order valence-corrected chi connectivity index (χ2v) is 7.05. The van der Waals surface area contributed by atoms with E-state index in [9.17, 15) is 14.7 Å². The number of carbonyl (C=O) groups is 2. The van der Waals surface area contributed by atoms with Gasteiger partial charge in [0.2, 0.25) is 5.78 Å². The van der Waals surface area contributed by atoms with E-state index in [1.165, 1.54) is 0 Å². The van der Waals surface area contributed by atoms with E-state index in [1.807, 2.05) is 47.9 Å². The van der Waals surface area contributed by atoms with Crippen LogP contribution in [0.15, 0.2) is 60.7 Å². The number of aliphatic carboxylic acids is 1. The molecule has 0 fully saturated rings. The predicted octanol–water partition coefficient (Wildman–Crippen LogP) is 4.18. The third-order valence-electron chi connectivity index (χ3n) is 5.23. The Hall–Kier alpha value is -3.34. The zero-order chi connectivity index (χ0) is 19.7. The van der Waals surface area contributed by atoms with Gasteiger partial charge in [0, 0.05) is 17.8 Å². The van der Waals surface area contributed by atoms with E-state index >= 15 is 0 Å². The molecule has 142 valence electrons. The molecule has 1 unspecified atom stereocenters. The number of benzene rings is 2. The largest absolute Gasteiger partial charge is 0.489 e. The topological polar surface area (TPSA) is 68.5 Å². The number of hydrogen-bond acceptors (Lipinski definition) is 3. The lowest BCUT2D eigenvalue weighted by Gasteiger charge is -2.11. The molecule has 0 saturated heterocycles. The molecule has 28 heavy (non-hydrogen) atoms. The third-order valence-corrected chi connectivity index (χ3v) is 5.23. The van der Waals surface area contributed by atoms with Gasteiger partial charge in [-0.3, -0.25) is 9.59 Å². The number of ether oxygens (including phenoxy) is 1. The zero-order valence-electron chi connectivity index (χ0n) is 15.6.